The largest absolute Gasteiger partial charge is 0.491 e. The second-order valence-electron chi connectivity index (χ2n) is 6.42. The lowest BCUT2D eigenvalue weighted by Gasteiger charge is -2.37. The first-order chi connectivity index (χ1) is 10.0. The molecule has 0 atom stereocenters. The summed E-state index contributed by atoms with van der Waals surface area (Å²) in [6.45, 7) is 5.93. The molecule has 0 saturated heterocycles. The maximum atomic E-state index is 8.78. The predicted molar refractivity (Wildman–Crippen MR) is 89.6 cm³/mol. The van der Waals surface area contributed by atoms with E-state index >= 15 is 0 Å². The van der Waals surface area contributed by atoms with Crippen LogP contribution in [0.25, 0.3) is 0 Å². The minimum absolute atomic E-state index is 0.0394. The van der Waals surface area contributed by atoms with Crippen molar-refractivity contribution in [3.05, 3.63) is 28.2 Å². The molecule has 1 aromatic carbocycles. The Morgan fingerprint density at radius 3 is 2.71 bits per heavy atom. The van der Waals surface area contributed by atoms with Crippen LogP contribution in [0.1, 0.15) is 45.1 Å². The molecule has 0 unspecified atom stereocenters. The summed E-state index contributed by atoms with van der Waals surface area (Å²) in [4.78, 5) is 0. The van der Waals surface area contributed by atoms with Gasteiger partial charge in [-0.15, -0.1) is 0 Å². The molecule has 21 heavy (non-hydrogen) atoms. The standard InChI is InChI=1S/C17H26BrNO2/c1-13-5-7-17(2,8-6-13)19-12-14-3-4-15(11-16(14)18)21-10-9-20/h3-4,11,13,19-20H,5-10,12H2,1-2H3. The summed E-state index contributed by atoms with van der Waals surface area (Å²) < 4.78 is 6.47. The Kier molecular flexibility index (Phi) is 6.08. The summed E-state index contributed by atoms with van der Waals surface area (Å²) in [6, 6.07) is 6.01. The monoisotopic (exact) mass is 355 g/mol. The highest BCUT2D eigenvalue weighted by Gasteiger charge is 2.28. The van der Waals surface area contributed by atoms with Gasteiger partial charge in [-0.3, -0.25) is 0 Å². The summed E-state index contributed by atoms with van der Waals surface area (Å²) in [7, 11) is 0. The van der Waals surface area contributed by atoms with E-state index in [2.05, 4.69) is 41.2 Å². The third-order valence-electron chi connectivity index (χ3n) is 4.47. The van der Waals surface area contributed by atoms with Crippen molar-refractivity contribution in [1.82, 2.24) is 5.32 Å². The Labute approximate surface area is 136 Å². The lowest BCUT2D eigenvalue weighted by Crippen LogP contribution is -2.44. The molecule has 0 radical (unpaired) electrons. The molecule has 1 aromatic rings. The van der Waals surface area contributed by atoms with Crippen molar-refractivity contribution in [3.63, 3.8) is 0 Å². The number of halogens is 1. The zero-order valence-corrected chi connectivity index (χ0v) is 14.6. The summed E-state index contributed by atoms with van der Waals surface area (Å²) >= 11 is 3.61. The Balaban J connectivity index is 1.91. The second kappa shape index (κ2) is 7.61. The van der Waals surface area contributed by atoms with Gasteiger partial charge in [0.05, 0.1) is 6.61 Å². The first kappa shape index (κ1) is 16.8. The molecule has 0 amide bonds. The normalized spacial score (nSPS) is 25.8. The van der Waals surface area contributed by atoms with Gasteiger partial charge < -0.3 is 15.2 Å². The molecule has 3 nitrogen and oxygen atoms in total. The van der Waals surface area contributed by atoms with Crippen LogP contribution < -0.4 is 10.1 Å². The SMILES string of the molecule is CC1CCC(C)(NCc2ccc(OCCO)cc2Br)CC1. The van der Waals surface area contributed by atoms with Crippen LogP contribution in [0.15, 0.2) is 22.7 Å². The third-order valence-corrected chi connectivity index (χ3v) is 5.21. The second-order valence-corrected chi connectivity index (χ2v) is 7.28. The Hall–Kier alpha value is -0.580. The van der Waals surface area contributed by atoms with Gasteiger partial charge in [0.25, 0.3) is 0 Å². The van der Waals surface area contributed by atoms with Gasteiger partial charge in [-0.25, -0.2) is 0 Å². The smallest absolute Gasteiger partial charge is 0.120 e. The summed E-state index contributed by atoms with van der Waals surface area (Å²) in [5.74, 6) is 1.66. The Bertz CT molecular complexity index is 456. The number of aliphatic hydroxyl groups excluding tert-OH is 1. The van der Waals surface area contributed by atoms with E-state index in [0.29, 0.717) is 6.61 Å². The molecule has 0 aromatic heterocycles. The van der Waals surface area contributed by atoms with Crippen LogP contribution in [-0.4, -0.2) is 23.9 Å². The molecule has 2 N–H and O–H groups in total. The van der Waals surface area contributed by atoms with Crippen LogP contribution in [0, 0.1) is 5.92 Å². The Morgan fingerprint density at radius 1 is 1.38 bits per heavy atom. The number of hydrogen-bond acceptors (Lipinski definition) is 3. The average Bonchev–Trinajstić information content (AvgIpc) is 2.47. The highest BCUT2D eigenvalue weighted by Crippen LogP contribution is 2.32. The highest BCUT2D eigenvalue weighted by molar-refractivity contribution is 9.10. The number of nitrogens with one attached hydrogen (secondary N) is 1. The predicted octanol–water partition coefficient (Wildman–Crippen LogP) is 3.88. The zero-order valence-electron chi connectivity index (χ0n) is 13.0. The van der Waals surface area contributed by atoms with E-state index in [-0.39, 0.29) is 12.1 Å². The number of ether oxygens (including phenoxy) is 1. The lowest BCUT2D eigenvalue weighted by atomic mass is 9.78. The first-order valence-corrected chi connectivity index (χ1v) is 8.59. The fourth-order valence-corrected chi connectivity index (χ4v) is 3.31. The van der Waals surface area contributed by atoms with Crippen LogP contribution in [0.5, 0.6) is 5.75 Å². The average molecular weight is 356 g/mol. The summed E-state index contributed by atoms with van der Waals surface area (Å²) in [5.41, 5.74) is 1.50. The molecule has 1 aliphatic rings. The van der Waals surface area contributed by atoms with Gasteiger partial charge in [-0.2, -0.15) is 0 Å². The maximum Gasteiger partial charge on any atom is 0.120 e. The zero-order chi connectivity index (χ0) is 15.3. The molecule has 0 aliphatic heterocycles. The van der Waals surface area contributed by atoms with Crippen molar-refractivity contribution in [2.24, 2.45) is 5.92 Å². The third kappa shape index (κ3) is 4.97. The quantitative estimate of drug-likeness (QED) is 0.813. The van der Waals surface area contributed by atoms with Crippen LogP contribution in [-0.2, 0) is 6.54 Å². The van der Waals surface area contributed by atoms with Gasteiger partial charge >= 0.3 is 0 Å². The molecule has 1 saturated carbocycles. The van der Waals surface area contributed by atoms with Gasteiger partial charge in [-0.1, -0.05) is 28.9 Å². The number of benzene rings is 1. The topological polar surface area (TPSA) is 41.5 Å². The van der Waals surface area contributed by atoms with Crippen molar-refractivity contribution in [2.45, 2.75) is 51.6 Å². The molecular formula is C17H26BrNO2. The van der Waals surface area contributed by atoms with E-state index in [9.17, 15) is 0 Å². The fourth-order valence-electron chi connectivity index (χ4n) is 2.81. The van der Waals surface area contributed by atoms with Crippen molar-refractivity contribution < 1.29 is 9.84 Å². The van der Waals surface area contributed by atoms with Crippen molar-refractivity contribution >= 4 is 15.9 Å². The van der Waals surface area contributed by atoms with E-state index < -0.39 is 0 Å². The van der Waals surface area contributed by atoms with E-state index in [1.54, 1.807) is 0 Å². The molecule has 4 heteroatoms. The first-order valence-electron chi connectivity index (χ1n) is 7.79. The fraction of sp³-hybridized carbons (Fsp3) is 0.647. The molecule has 1 aliphatic carbocycles. The van der Waals surface area contributed by atoms with Crippen molar-refractivity contribution in [1.29, 1.82) is 0 Å². The highest BCUT2D eigenvalue weighted by atomic mass is 79.9. The van der Waals surface area contributed by atoms with Crippen molar-refractivity contribution in [3.8, 4) is 5.75 Å². The van der Waals surface area contributed by atoms with Gasteiger partial charge in [0, 0.05) is 16.6 Å². The van der Waals surface area contributed by atoms with E-state index in [1.807, 2.05) is 12.1 Å². The van der Waals surface area contributed by atoms with Gasteiger partial charge in [0.15, 0.2) is 0 Å². The molecule has 0 heterocycles. The molecular weight excluding hydrogens is 330 g/mol. The van der Waals surface area contributed by atoms with Gasteiger partial charge in [0.2, 0.25) is 0 Å². The number of aliphatic hydroxyl groups is 1. The van der Waals surface area contributed by atoms with Crippen LogP contribution in [0.2, 0.25) is 0 Å². The van der Waals surface area contributed by atoms with E-state index in [0.717, 1.165) is 22.7 Å². The lowest BCUT2D eigenvalue weighted by molar-refractivity contribution is 0.201. The van der Waals surface area contributed by atoms with E-state index in [4.69, 9.17) is 9.84 Å². The molecule has 118 valence electrons. The van der Waals surface area contributed by atoms with Crippen LogP contribution in [0.3, 0.4) is 0 Å². The van der Waals surface area contributed by atoms with Gasteiger partial charge in [0.1, 0.15) is 12.4 Å². The minimum atomic E-state index is 0.0394. The number of hydrogen-bond donors (Lipinski definition) is 2. The molecule has 2 rings (SSSR count). The molecule has 1 fully saturated rings. The Morgan fingerprint density at radius 2 is 2.10 bits per heavy atom. The van der Waals surface area contributed by atoms with Gasteiger partial charge in [-0.05, 0) is 56.2 Å². The summed E-state index contributed by atoms with van der Waals surface area (Å²) in [5, 5.41) is 12.5. The van der Waals surface area contributed by atoms with E-state index in [1.165, 1.54) is 31.2 Å². The molecule has 0 spiro atoms. The van der Waals surface area contributed by atoms with Crippen LogP contribution >= 0.6 is 15.9 Å². The maximum absolute atomic E-state index is 8.78. The summed E-state index contributed by atoms with van der Waals surface area (Å²) in [6.07, 6.45) is 5.14. The van der Waals surface area contributed by atoms with Crippen molar-refractivity contribution in [2.75, 3.05) is 13.2 Å². The minimum Gasteiger partial charge on any atom is -0.491 e. The number of rotatable bonds is 6. The van der Waals surface area contributed by atoms with Crippen LogP contribution in [0.4, 0.5) is 0 Å². The molecule has 0 bridgehead atoms.